The molecule has 0 amide bonds. The molecular formula is C8H9IN2S. The Bertz CT molecular complexity index is 276. The first-order valence-corrected chi connectivity index (χ1v) is 6.03. The van der Waals surface area contributed by atoms with Crippen LogP contribution in [0.25, 0.3) is 6.08 Å². The monoisotopic (exact) mass is 292 g/mol. The topological polar surface area (TPSA) is 25.8 Å². The summed E-state index contributed by atoms with van der Waals surface area (Å²) in [5.41, 5.74) is 1.98. The fraction of sp³-hybridized carbons (Fsp3) is 0.250. The molecule has 0 aliphatic carbocycles. The third kappa shape index (κ3) is 3.53. The Morgan fingerprint density at radius 1 is 1.58 bits per heavy atom. The summed E-state index contributed by atoms with van der Waals surface area (Å²) in [7, 11) is 0. The van der Waals surface area contributed by atoms with Gasteiger partial charge in [-0.2, -0.15) is 0 Å². The lowest BCUT2D eigenvalue weighted by Gasteiger charge is -1.92. The van der Waals surface area contributed by atoms with E-state index >= 15 is 0 Å². The molecule has 12 heavy (non-hydrogen) atoms. The maximum Gasteiger partial charge on any atom is 0.116 e. The normalized spacial score (nSPS) is 10.8. The van der Waals surface area contributed by atoms with Crippen LogP contribution in [0.2, 0.25) is 0 Å². The van der Waals surface area contributed by atoms with Crippen LogP contribution in [0.3, 0.4) is 0 Å². The molecule has 4 heteroatoms. The first kappa shape index (κ1) is 9.98. The zero-order valence-electron chi connectivity index (χ0n) is 6.70. The molecule has 0 N–H and O–H groups in total. The van der Waals surface area contributed by atoms with Gasteiger partial charge in [0.2, 0.25) is 0 Å². The molecule has 0 saturated carbocycles. The van der Waals surface area contributed by atoms with E-state index in [2.05, 4.69) is 32.6 Å². The summed E-state index contributed by atoms with van der Waals surface area (Å²) in [4.78, 5) is 8.11. The number of thioether (sulfide) groups is 1. The quantitative estimate of drug-likeness (QED) is 0.633. The number of halogens is 1. The molecule has 1 aromatic heterocycles. The number of nitrogens with zero attached hydrogens (tertiary/aromatic N) is 2. The van der Waals surface area contributed by atoms with E-state index in [9.17, 15) is 0 Å². The summed E-state index contributed by atoms with van der Waals surface area (Å²) in [6, 6.07) is 1.96. The van der Waals surface area contributed by atoms with E-state index in [1.54, 1.807) is 18.1 Å². The van der Waals surface area contributed by atoms with Crippen molar-refractivity contribution in [3.8, 4) is 0 Å². The van der Waals surface area contributed by atoms with Crippen molar-refractivity contribution in [2.45, 2.75) is 6.92 Å². The molecule has 2 nitrogen and oxygen atoms in total. The van der Waals surface area contributed by atoms with Gasteiger partial charge in [0.15, 0.2) is 0 Å². The Labute approximate surface area is 90.0 Å². The highest BCUT2D eigenvalue weighted by Crippen LogP contribution is 2.09. The minimum absolute atomic E-state index is 0.972. The first-order chi connectivity index (χ1) is 5.83. The highest BCUT2D eigenvalue weighted by atomic mass is 127. The van der Waals surface area contributed by atoms with Gasteiger partial charge >= 0.3 is 0 Å². The van der Waals surface area contributed by atoms with Crippen LogP contribution in [0.4, 0.5) is 0 Å². The second-order valence-electron chi connectivity index (χ2n) is 2.16. The molecule has 0 bridgehead atoms. The Hall–Kier alpha value is -0.100. The Kier molecular flexibility index (Phi) is 4.60. The maximum atomic E-state index is 4.10. The number of rotatable bonds is 3. The maximum absolute atomic E-state index is 4.10. The van der Waals surface area contributed by atoms with Crippen LogP contribution in [0.5, 0.6) is 0 Å². The molecule has 0 atom stereocenters. The molecule has 64 valence electrons. The number of hydrogen-bond donors (Lipinski definition) is 0. The van der Waals surface area contributed by atoms with Gasteiger partial charge in [-0.3, -0.25) is 0 Å². The number of aryl methyl sites for hydroxylation is 1. The van der Waals surface area contributed by atoms with Gasteiger partial charge < -0.3 is 0 Å². The second kappa shape index (κ2) is 5.53. The van der Waals surface area contributed by atoms with Crippen molar-refractivity contribution in [1.29, 1.82) is 0 Å². The van der Waals surface area contributed by atoms with Crippen LogP contribution in [0.1, 0.15) is 11.4 Å². The lowest BCUT2D eigenvalue weighted by molar-refractivity contribution is 1.09. The van der Waals surface area contributed by atoms with E-state index in [4.69, 9.17) is 0 Å². The molecule has 0 spiro atoms. The zero-order chi connectivity index (χ0) is 8.81. The molecule has 1 rings (SSSR count). The van der Waals surface area contributed by atoms with Gasteiger partial charge in [-0.05, 0) is 24.5 Å². The van der Waals surface area contributed by atoms with Crippen LogP contribution in [0.15, 0.2) is 17.8 Å². The molecular weight excluding hydrogens is 283 g/mol. The van der Waals surface area contributed by atoms with Crippen LogP contribution in [-0.4, -0.2) is 13.7 Å². The Morgan fingerprint density at radius 3 is 3.08 bits per heavy atom. The summed E-state index contributed by atoms with van der Waals surface area (Å²) in [6.45, 7) is 1.96. The standard InChI is InChI=1S/C8H9IN2S/c1-7-4-8(11-6-10-7)2-3-12-5-9/h2-4,6H,5H2,1H3/b3-2+. The Balaban J connectivity index is 2.63. The van der Waals surface area contributed by atoms with E-state index in [1.165, 1.54) is 0 Å². The summed E-state index contributed by atoms with van der Waals surface area (Å²) < 4.78 is 1.07. The number of hydrogen-bond acceptors (Lipinski definition) is 3. The first-order valence-electron chi connectivity index (χ1n) is 3.45. The molecule has 0 radical (unpaired) electrons. The van der Waals surface area contributed by atoms with Gasteiger partial charge in [0.25, 0.3) is 0 Å². The number of alkyl halides is 1. The van der Waals surface area contributed by atoms with Crippen LogP contribution >= 0.6 is 34.4 Å². The highest BCUT2D eigenvalue weighted by Gasteiger charge is 1.88. The van der Waals surface area contributed by atoms with Gasteiger partial charge in [0, 0.05) is 9.45 Å². The molecule has 1 aromatic rings. The van der Waals surface area contributed by atoms with Gasteiger partial charge in [0.05, 0.1) is 5.69 Å². The zero-order valence-corrected chi connectivity index (χ0v) is 9.67. The molecule has 0 unspecified atom stereocenters. The second-order valence-corrected chi connectivity index (χ2v) is 4.85. The van der Waals surface area contributed by atoms with Crippen molar-refractivity contribution in [2.75, 3.05) is 3.76 Å². The van der Waals surface area contributed by atoms with Gasteiger partial charge in [-0.25, -0.2) is 9.97 Å². The third-order valence-corrected chi connectivity index (χ3v) is 2.76. The SMILES string of the molecule is Cc1cc(/C=C/SCI)ncn1. The predicted octanol–water partition coefficient (Wildman–Crippen LogP) is 2.88. The van der Waals surface area contributed by atoms with Crippen molar-refractivity contribution >= 4 is 40.4 Å². The van der Waals surface area contributed by atoms with Gasteiger partial charge in [-0.1, -0.05) is 22.6 Å². The molecule has 0 aliphatic rings. The summed E-state index contributed by atoms with van der Waals surface area (Å²) in [5, 5.41) is 2.05. The van der Waals surface area contributed by atoms with Gasteiger partial charge in [-0.15, -0.1) is 11.8 Å². The summed E-state index contributed by atoms with van der Waals surface area (Å²) >= 11 is 4.07. The van der Waals surface area contributed by atoms with Crippen molar-refractivity contribution < 1.29 is 0 Å². The largest absolute Gasteiger partial charge is 0.242 e. The van der Waals surface area contributed by atoms with Crippen LogP contribution in [0, 0.1) is 6.92 Å². The molecule has 0 fully saturated rings. The summed E-state index contributed by atoms with van der Waals surface area (Å²) in [5.74, 6) is 0. The fourth-order valence-electron chi connectivity index (χ4n) is 0.720. The van der Waals surface area contributed by atoms with E-state index in [-0.39, 0.29) is 0 Å². The molecule has 1 heterocycles. The smallest absolute Gasteiger partial charge is 0.116 e. The molecule has 0 aliphatic heterocycles. The fourth-order valence-corrected chi connectivity index (χ4v) is 1.65. The van der Waals surface area contributed by atoms with Crippen molar-refractivity contribution in [3.63, 3.8) is 0 Å². The molecule has 0 saturated heterocycles. The lowest BCUT2D eigenvalue weighted by atomic mass is 10.3. The van der Waals surface area contributed by atoms with Crippen molar-refractivity contribution in [1.82, 2.24) is 9.97 Å². The summed E-state index contributed by atoms with van der Waals surface area (Å²) in [6.07, 6.45) is 3.59. The number of aromatic nitrogens is 2. The molecule has 0 aromatic carbocycles. The average Bonchev–Trinajstić information content (AvgIpc) is 2.05. The van der Waals surface area contributed by atoms with Gasteiger partial charge in [0.1, 0.15) is 6.33 Å². The van der Waals surface area contributed by atoms with E-state index in [0.717, 1.165) is 15.1 Å². The van der Waals surface area contributed by atoms with Crippen LogP contribution in [-0.2, 0) is 0 Å². The predicted molar refractivity (Wildman–Crippen MR) is 62.3 cm³/mol. The van der Waals surface area contributed by atoms with Crippen molar-refractivity contribution in [2.24, 2.45) is 0 Å². The lowest BCUT2D eigenvalue weighted by Crippen LogP contribution is -1.85. The van der Waals surface area contributed by atoms with Crippen molar-refractivity contribution in [3.05, 3.63) is 29.2 Å². The minimum Gasteiger partial charge on any atom is -0.242 e. The minimum atomic E-state index is 0.972. The average molecular weight is 292 g/mol. The Morgan fingerprint density at radius 2 is 2.42 bits per heavy atom. The van der Waals surface area contributed by atoms with E-state index in [0.29, 0.717) is 0 Å². The third-order valence-electron chi connectivity index (χ3n) is 1.22. The van der Waals surface area contributed by atoms with Crippen LogP contribution < -0.4 is 0 Å². The van der Waals surface area contributed by atoms with E-state index in [1.807, 2.05) is 24.5 Å². The highest BCUT2D eigenvalue weighted by molar-refractivity contribution is 14.1. The van der Waals surface area contributed by atoms with E-state index < -0.39 is 0 Å².